The minimum absolute atomic E-state index is 0.0237. The van der Waals surface area contributed by atoms with Crippen LogP contribution in [0.3, 0.4) is 0 Å². The Morgan fingerprint density at radius 3 is 2.09 bits per heavy atom. The maximum absolute atomic E-state index is 11.1. The van der Waals surface area contributed by atoms with Crippen LogP contribution < -0.4 is 4.72 Å². The molecule has 0 atom stereocenters. The number of aromatic nitrogens is 4. The molecule has 2 saturated carbocycles. The van der Waals surface area contributed by atoms with E-state index in [-0.39, 0.29) is 35.3 Å². The number of ether oxygens (including phenoxy) is 1. The normalized spacial score (nSPS) is 15.1. The average Bonchev–Trinajstić information content (AvgIpc) is 3.59. The third kappa shape index (κ3) is 9.68. The number of carbonyl (C=O) groups is 1. The number of rotatable bonds is 8. The molecule has 242 valence electrons. The van der Waals surface area contributed by atoms with Crippen molar-refractivity contribution in [3.63, 3.8) is 0 Å². The highest BCUT2D eigenvalue weighted by Crippen LogP contribution is 2.33. The summed E-state index contributed by atoms with van der Waals surface area (Å²) in [6.45, 7) is 11.6. The van der Waals surface area contributed by atoms with E-state index >= 15 is 0 Å². The highest BCUT2D eigenvalue weighted by Gasteiger charge is 2.35. The van der Waals surface area contributed by atoms with Crippen LogP contribution in [0.2, 0.25) is 0 Å². The second kappa shape index (κ2) is 15.6. The number of esters is 1. The lowest BCUT2D eigenvalue weighted by Gasteiger charge is -2.12. The van der Waals surface area contributed by atoms with Gasteiger partial charge in [0.15, 0.2) is 0 Å². The molecule has 2 aromatic heterocycles. The fraction of sp³-hybridized carbons (Fsp3) is 0.486. The molecule has 0 bridgehead atoms. The average molecular weight is 634 g/mol. The Hall–Kier alpha value is -3.63. The highest BCUT2D eigenvalue weighted by molar-refractivity contribution is 7.90. The molecule has 2 heterocycles. The summed E-state index contributed by atoms with van der Waals surface area (Å²) in [5, 5.41) is 10.5. The van der Waals surface area contributed by atoms with Crippen LogP contribution in [0.1, 0.15) is 86.1 Å². The van der Waals surface area contributed by atoms with Crippen molar-refractivity contribution in [1.29, 1.82) is 0 Å². The van der Waals surface area contributed by atoms with Gasteiger partial charge in [-0.15, -0.1) is 0 Å². The first kappa shape index (κ1) is 34.2. The monoisotopic (exact) mass is 633 g/mol. The minimum atomic E-state index is -2.94. The van der Waals surface area contributed by atoms with Crippen LogP contribution in [0, 0.1) is 5.92 Å². The number of pyridine rings is 1. The molecule has 2 fully saturated rings. The zero-order chi connectivity index (χ0) is 32.6. The lowest BCUT2D eigenvalue weighted by atomic mass is 10.0. The van der Waals surface area contributed by atoms with Gasteiger partial charge in [0, 0.05) is 28.8 Å². The van der Waals surface area contributed by atoms with Gasteiger partial charge >= 0.3 is 5.97 Å². The molecule has 0 radical (unpaired) electrons. The Balaban J connectivity index is 0.000000182. The Bertz CT molecular complexity index is 1640. The van der Waals surface area contributed by atoms with Gasteiger partial charge in [0.25, 0.3) is 0 Å². The summed E-state index contributed by atoms with van der Waals surface area (Å²) in [5.41, 5.74) is 4.79. The quantitative estimate of drug-likeness (QED) is 0.202. The molecule has 2 aliphatic rings. The van der Waals surface area contributed by atoms with Crippen LogP contribution in [0.15, 0.2) is 66.9 Å². The SMILES string of the molecule is CC(C)C(=O)OC1CCCC1.CC(C)NS(=O)(=O)C1CC1.CC(C)n1nc(-c2ccccc2)c(-c2cccc3cccnc23)n1. The number of carbonyl (C=O) groups excluding carboxylic acids is 1. The number of fused-ring (bicyclic) bond motifs is 1. The summed E-state index contributed by atoms with van der Waals surface area (Å²) in [6, 6.07) is 20.6. The van der Waals surface area contributed by atoms with Gasteiger partial charge in [-0.2, -0.15) is 15.0 Å². The molecular formula is C35H47N5O4S. The largest absolute Gasteiger partial charge is 0.462 e. The first-order chi connectivity index (χ1) is 21.5. The van der Waals surface area contributed by atoms with E-state index in [0.29, 0.717) is 0 Å². The van der Waals surface area contributed by atoms with Crippen molar-refractivity contribution in [3.05, 3.63) is 66.9 Å². The van der Waals surface area contributed by atoms with Gasteiger partial charge in [0.2, 0.25) is 10.0 Å². The van der Waals surface area contributed by atoms with Crippen molar-refractivity contribution >= 4 is 26.9 Å². The van der Waals surface area contributed by atoms with E-state index in [9.17, 15) is 13.2 Å². The van der Waals surface area contributed by atoms with Gasteiger partial charge in [0.1, 0.15) is 17.5 Å². The zero-order valence-corrected chi connectivity index (χ0v) is 28.1. The number of hydrogen-bond donors (Lipinski definition) is 1. The maximum Gasteiger partial charge on any atom is 0.308 e. The van der Waals surface area contributed by atoms with E-state index < -0.39 is 10.0 Å². The molecular weight excluding hydrogens is 586 g/mol. The van der Waals surface area contributed by atoms with Crippen LogP contribution in [0.5, 0.6) is 0 Å². The van der Waals surface area contributed by atoms with Gasteiger partial charge in [-0.05, 0) is 72.3 Å². The summed E-state index contributed by atoms with van der Waals surface area (Å²) in [7, 11) is -2.94. The van der Waals surface area contributed by atoms with Crippen LogP contribution in [-0.2, 0) is 19.6 Å². The summed E-state index contributed by atoms with van der Waals surface area (Å²) in [5.74, 6) is -0.0208. The summed E-state index contributed by atoms with van der Waals surface area (Å²) in [6.07, 6.45) is 8.29. The zero-order valence-electron chi connectivity index (χ0n) is 27.3. The molecule has 2 aliphatic carbocycles. The van der Waals surface area contributed by atoms with Crippen LogP contribution in [0.25, 0.3) is 33.4 Å². The Morgan fingerprint density at radius 1 is 0.844 bits per heavy atom. The summed E-state index contributed by atoms with van der Waals surface area (Å²) < 4.78 is 30.0. The van der Waals surface area contributed by atoms with Crippen LogP contribution >= 0.6 is 0 Å². The number of para-hydroxylation sites is 1. The lowest BCUT2D eigenvalue weighted by molar-refractivity contribution is -0.152. The number of benzene rings is 2. The van der Waals surface area contributed by atoms with Gasteiger partial charge in [-0.25, -0.2) is 13.1 Å². The summed E-state index contributed by atoms with van der Waals surface area (Å²) >= 11 is 0. The standard InChI is InChI=1S/C20H18N4.C9H16O2.C6H13NO2S/c1-14(2)24-22-19(16-8-4-3-5-9-16)20(23-24)17-12-6-10-15-11-7-13-21-18(15)17;1-7(2)9(10)11-8-5-3-4-6-8;1-5(2)7-10(8,9)6-3-4-6/h3-14H,1-2H3;7-8H,3-6H2,1-2H3;5-7H,3-4H2,1-2H3. The topological polar surface area (TPSA) is 116 Å². The maximum atomic E-state index is 11.1. The molecule has 4 aromatic rings. The second-order valence-electron chi connectivity index (χ2n) is 12.6. The number of nitrogens with zero attached hydrogens (tertiary/aromatic N) is 4. The Labute approximate surface area is 267 Å². The van der Waals surface area contributed by atoms with Gasteiger partial charge < -0.3 is 4.74 Å². The smallest absolute Gasteiger partial charge is 0.308 e. The van der Waals surface area contributed by atoms with E-state index in [1.165, 1.54) is 12.8 Å². The second-order valence-corrected chi connectivity index (χ2v) is 14.6. The summed E-state index contributed by atoms with van der Waals surface area (Å²) in [4.78, 5) is 17.4. The van der Waals surface area contributed by atoms with E-state index in [2.05, 4.69) is 53.9 Å². The molecule has 0 spiro atoms. The van der Waals surface area contributed by atoms with E-state index in [1.54, 1.807) is 4.80 Å². The molecule has 6 rings (SSSR count). The van der Waals surface area contributed by atoms with Gasteiger partial charge in [-0.3, -0.25) is 9.78 Å². The van der Waals surface area contributed by atoms with Crippen molar-refractivity contribution in [2.45, 2.75) is 104 Å². The van der Waals surface area contributed by atoms with Gasteiger partial charge in [0.05, 0.1) is 22.7 Å². The van der Waals surface area contributed by atoms with Crippen molar-refractivity contribution in [2.75, 3.05) is 0 Å². The molecule has 2 aromatic carbocycles. The molecule has 0 amide bonds. The van der Waals surface area contributed by atoms with Crippen molar-refractivity contribution < 1.29 is 17.9 Å². The first-order valence-electron chi connectivity index (χ1n) is 16.0. The Morgan fingerprint density at radius 2 is 1.49 bits per heavy atom. The molecule has 9 nitrogen and oxygen atoms in total. The van der Waals surface area contributed by atoms with Crippen LogP contribution in [0.4, 0.5) is 0 Å². The minimum Gasteiger partial charge on any atom is -0.462 e. The highest BCUT2D eigenvalue weighted by atomic mass is 32.2. The Kier molecular flexibility index (Phi) is 11.9. The fourth-order valence-corrected chi connectivity index (χ4v) is 6.54. The fourth-order valence-electron chi connectivity index (χ4n) is 4.93. The number of hydrogen-bond acceptors (Lipinski definition) is 7. The predicted octanol–water partition coefficient (Wildman–Crippen LogP) is 7.35. The van der Waals surface area contributed by atoms with Crippen molar-refractivity contribution in [3.8, 4) is 22.5 Å². The molecule has 45 heavy (non-hydrogen) atoms. The van der Waals surface area contributed by atoms with Crippen molar-refractivity contribution in [1.82, 2.24) is 24.7 Å². The van der Waals surface area contributed by atoms with E-state index in [1.807, 2.05) is 64.2 Å². The predicted molar refractivity (Wildman–Crippen MR) is 180 cm³/mol. The van der Waals surface area contributed by atoms with Gasteiger partial charge in [-0.1, -0.05) is 68.4 Å². The van der Waals surface area contributed by atoms with E-state index in [0.717, 1.165) is 59.1 Å². The molecule has 10 heteroatoms. The molecule has 0 aliphatic heterocycles. The van der Waals surface area contributed by atoms with Crippen LogP contribution in [-0.4, -0.2) is 51.8 Å². The number of nitrogens with one attached hydrogen (secondary N) is 1. The lowest BCUT2D eigenvalue weighted by Crippen LogP contribution is -2.32. The molecule has 1 N–H and O–H groups in total. The third-order valence-corrected chi connectivity index (χ3v) is 9.59. The molecule has 0 saturated heterocycles. The van der Waals surface area contributed by atoms with Crippen molar-refractivity contribution in [2.24, 2.45) is 5.92 Å². The first-order valence-corrected chi connectivity index (χ1v) is 17.6. The molecule has 0 unspecified atom stereocenters. The third-order valence-electron chi connectivity index (χ3n) is 7.45. The number of sulfonamides is 1. The van der Waals surface area contributed by atoms with E-state index in [4.69, 9.17) is 14.9 Å².